The van der Waals surface area contributed by atoms with Crippen LogP contribution in [0.3, 0.4) is 0 Å². The second-order valence-electron chi connectivity index (χ2n) is 4.82. The van der Waals surface area contributed by atoms with Crippen molar-refractivity contribution in [1.29, 1.82) is 5.26 Å². The first kappa shape index (κ1) is 14.3. The van der Waals surface area contributed by atoms with Gasteiger partial charge in [0, 0.05) is 18.9 Å². The van der Waals surface area contributed by atoms with E-state index in [1.807, 2.05) is 0 Å². The molecule has 0 aliphatic rings. The zero-order chi connectivity index (χ0) is 14.0. The van der Waals surface area contributed by atoms with Gasteiger partial charge in [0.2, 0.25) is 0 Å². The molecule has 0 spiro atoms. The van der Waals surface area contributed by atoms with Crippen LogP contribution in [0.2, 0.25) is 0 Å². The molecule has 0 saturated carbocycles. The predicted octanol–water partition coefficient (Wildman–Crippen LogP) is 3.71. The third-order valence-electron chi connectivity index (χ3n) is 3.43. The Morgan fingerprint density at radius 2 is 1.40 bits per heavy atom. The van der Waals surface area contributed by atoms with Crippen LogP contribution < -0.4 is 5.32 Å². The van der Waals surface area contributed by atoms with Gasteiger partial charge in [-0.1, -0.05) is 60.7 Å². The van der Waals surface area contributed by atoms with E-state index in [-0.39, 0.29) is 0 Å². The summed E-state index contributed by atoms with van der Waals surface area (Å²) in [6.07, 6.45) is 1.61. The molecule has 2 aromatic rings. The molecule has 0 aliphatic heterocycles. The second kappa shape index (κ2) is 8.14. The van der Waals surface area contributed by atoms with E-state index in [2.05, 4.69) is 72.0 Å². The summed E-state index contributed by atoms with van der Waals surface area (Å²) in [6.45, 7) is 1.70. The summed E-state index contributed by atoms with van der Waals surface area (Å²) >= 11 is 0. The summed E-state index contributed by atoms with van der Waals surface area (Å²) in [4.78, 5) is 0. The number of nitrogens with one attached hydrogen (secondary N) is 1. The lowest BCUT2D eigenvalue weighted by Crippen LogP contribution is -2.19. The number of rotatable bonds is 7. The molecular formula is C18H20N2. The minimum Gasteiger partial charge on any atom is -0.316 e. The van der Waals surface area contributed by atoms with Gasteiger partial charge in [0.25, 0.3) is 0 Å². The molecule has 2 heteroatoms. The normalized spacial score (nSPS) is 10.4. The highest BCUT2D eigenvalue weighted by molar-refractivity contribution is 5.32. The summed E-state index contributed by atoms with van der Waals surface area (Å²) < 4.78 is 0. The summed E-state index contributed by atoms with van der Waals surface area (Å²) in [6, 6.07) is 23.4. The Morgan fingerprint density at radius 1 is 0.850 bits per heavy atom. The average molecular weight is 264 g/mol. The maximum Gasteiger partial charge on any atom is 0.0635 e. The van der Waals surface area contributed by atoms with Crippen molar-refractivity contribution >= 4 is 0 Å². The van der Waals surface area contributed by atoms with Crippen LogP contribution in [-0.2, 0) is 0 Å². The zero-order valence-electron chi connectivity index (χ0n) is 11.6. The number of nitrogens with zero attached hydrogens (tertiary/aromatic N) is 1. The fraction of sp³-hybridized carbons (Fsp3) is 0.278. The number of hydrogen-bond donors (Lipinski definition) is 1. The number of hydrogen-bond acceptors (Lipinski definition) is 2. The van der Waals surface area contributed by atoms with Crippen molar-refractivity contribution in [2.24, 2.45) is 0 Å². The van der Waals surface area contributed by atoms with Gasteiger partial charge in [-0.25, -0.2) is 0 Å². The lowest BCUT2D eigenvalue weighted by molar-refractivity contribution is 0.617. The average Bonchev–Trinajstić information content (AvgIpc) is 2.53. The lowest BCUT2D eigenvalue weighted by atomic mass is 9.88. The quantitative estimate of drug-likeness (QED) is 0.774. The molecule has 1 N–H and O–H groups in total. The van der Waals surface area contributed by atoms with Crippen molar-refractivity contribution in [2.75, 3.05) is 13.1 Å². The lowest BCUT2D eigenvalue weighted by Gasteiger charge is -2.18. The molecule has 0 unspecified atom stereocenters. The van der Waals surface area contributed by atoms with Gasteiger partial charge in [-0.2, -0.15) is 5.26 Å². The molecule has 2 nitrogen and oxygen atoms in total. The molecule has 102 valence electrons. The Kier molecular flexibility index (Phi) is 5.82. The third-order valence-corrected chi connectivity index (χ3v) is 3.43. The largest absolute Gasteiger partial charge is 0.316 e. The molecule has 2 rings (SSSR count). The van der Waals surface area contributed by atoms with Crippen LogP contribution in [0.25, 0.3) is 0 Å². The summed E-state index contributed by atoms with van der Waals surface area (Å²) in [7, 11) is 0. The van der Waals surface area contributed by atoms with Crippen molar-refractivity contribution in [2.45, 2.75) is 18.8 Å². The molecule has 0 bridgehead atoms. The van der Waals surface area contributed by atoms with Crippen LogP contribution in [0.4, 0.5) is 0 Å². The molecular weight excluding hydrogens is 244 g/mol. The first-order valence-corrected chi connectivity index (χ1v) is 7.09. The third kappa shape index (κ3) is 4.22. The maximum atomic E-state index is 8.54. The second-order valence-corrected chi connectivity index (χ2v) is 4.82. The maximum absolute atomic E-state index is 8.54. The van der Waals surface area contributed by atoms with Gasteiger partial charge in [0.05, 0.1) is 6.07 Å². The smallest absolute Gasteiger partial charge is 0.0635 e. The van der Waals surface area contributed by atoms with E-state index in [9.17, 15) is 0 Å². The van der Waals surface area contributed by atoms with Crippen LogP contribution in [0.5, 0.6) is 0 Å². The first-order valence-electron chi connectivity index (χ1n) is 7.09. The number of benzene rings is 2. The fourth-order valence-electron chi connectivity index (χ4n) is 2.41. The Bertz CT molecular complexity index is 489. The molecule has 0 aromatic heterocycles. The summed E-state index contributed by atoms with van der Waals surface area (Å²) in [5.41, 5.74) is 2.70. The minimum absolute atomic E-state index is 0.409. The standard InChI is InChI=1S/C18H20N2/c19-13-7-14-20-15-12-18(16-8-3-1-4-9-16)17-10-5-2-6-11-17/h1-6,8-11,18,20H,7,12,14-15H2. The van der Waals surface area contributed by atoms with Gasteiger partial charge < -0.3 is 5.32 Å². The summed E-state index contributed by atoms with van der Waals surface area (Å²) in [5.74, 6) is 0.409. The van der Waals surface area contributed by atoms with Crippen LogP contribution in [0.15, 0.2) is 60.7 Å². The molecule has 2 aromatic carbocycles. The molecule has 0 amide bonds. The van der Waals surface area contributed by atoms with E-state index in [1.54, 1.807) is 0 Å². The monoisotopic (exact) mass is 264 g/mol. The van der Waals surface area contributed by atoms with E-state index in [0.29, 0.717) is 12.3 Å². The fourth-order valence-corrected chi connectivity index (χ4v) is 2.41. The topological polar surface area (TPSA) is 35.8 Å². The van der Waals surface area contributed by atoms with E-state index in [0.717, 1.165) is 19.5 Å². The van der Waals surface area contributed by atoms with E-state index >= 15 is 0 Å². The molecule has 20 heavy (non-hydrogen) atoms. The van der Waals surface area contributed by atoms with Crippen LogP contribution in [0.1, 0.15) is 29.9 Å². The number of nitriles is 1. The van der Waals surface area contributed by atoms with Crippen molar-refractivity contribution < 1.29 is 0 Å². The van der Waals surface area contributed by atoms with E-state index in [4.69, 9.17) is 5.26 Å². The van der Waals surface area contributed by atoms with Gasteiger partial charge >= 0.3 is 0 Å². The Hall–Kier alpha value is -2.11. The van der Waals surface area contributed by atoms with E-state index < -0.39 is 0 Å². The highest BCUT2D eigenvalue weighted by Gasteiger charge is 2.12. The van der Waals surface area contributed by atoms with E-state index in [1.165, 1.54) is 11.1 Å². The minimum atomic E-state index is 0.409. The van der Waals surface area contributed by atoms with Crippen LogP contribution in [0, 0.1) is 11.3 Å². The molecule has 0 radical (unpaired) electrons. The Morgan fingerprint density at radius 3 is 1.90 bits per heavy atom. The van der Waals surface area contributed by atoms with Crippen molar-refractivity contribution in [3.8, 4) is 6.07 Å². The van der Waals surface area contributed by atoms with Gasteiger partial charge in [-0.15, -0.1) is 0 Å². The zero-order valence-corrected chi connectivity index (χ0v) is 11.6. The molecule has 0 saturated heterocycles. The van der Waals surface area contributed by atoms with Gasteiger partial charge in [-0.05, 0) is 24.1 Å². The molecule has 0 fully saturated rings. The van der Waals surface area contributed by atoms with Gasteiger partial charge in [0.1, 0.15) is 0 Å². The van der Waals surface area contributed by atoms with Crippen molar-refractivity contribution in [1.82, 2.24) is 5.32 Å². The first-order chi connectivity index (χ1) is 9.92. The van der Waals surface area contributed by atoms with Crippen LogP contribution in [-0.4, -0.2) is 13.1 Å². The molecule has 0 heterocycles. The van der Waals surface area contributed by atoms with Gasteiger partial charge in [-0.3, -0.25) is 0 Å². The van der Waals surface area contributed by atoms with Gasteiger partial charge in [0.15, 0.2) is 0 Å². The van der Waals surface area contributed by atoms with Crippen LogP contribution >= 0.6 is 0 Å². The Labute approximate surface area is 121 Å². The highest BCUT2D eigenvalue weighted by atomic mass is 14.8. The highest BCUT2D eigenvalue weighted by Crippen LogP contribution is 2.27. The predicted molar refractivity (Wildman–Crippen MR) is 82.4 cm³/mol. The molecule has 0 aliphatic carbocycles. The summed E-state index contributed by atoms with van der Waals surface area (Å²) in [5, 5.41) is 11.9. The van der Waals surface area contributed by atoms with Crippen molar-refractivity contribution in [3.05, 3.63) is 71.8 Å². The van der Waals surface area contributed by atoms with Crippen molar-refractivity contribution in [3.63, 3.8) is 0 Å². The SMILES string of the molecule is N#CCCNCCC(c1ccccc1)c1ccccc1. The molecule has 0 atom stereocenters. The Balaban J connectivity index is 2.04.